The Hall–Kier alpha value is -1.23. The average molecular weight is 268 g/mol. The van der Waals surface area contributed by atoms with Crippen molar-refractivity contribution in [3.63, 3.8) is 0 Å². The average Bonchev–Trinajstić information content (AvgIpc) is 2.39. The molecule has 1 aromatic carbocycles. The van der Waals surface area contributed by atoms with Gasteiger partial charge in [0.05, 0.1) is 5.56 Å². The molecule has 0 bridgehead atoms. The molecule has 5 heteroatoms. The van der Waals surface area contributed by atoms with E-state index in [2.05, 4.69) is 5.16 Å². The van der Waals surface area contributed by atoms with Crippen LogP contribution in [0.4, 0.5) is 4.39 Å². The minimum Gasteiger partial charge on any atom is -0.409 e. The molecule has 0 radical (unpaired) electrons. The van der Waals surface area contributed by atoms with Crippen molar-refractivity contribution in [3.05, 3.63) is 29.6 Å². The van der Waals surface area contributed by atoms with E-state index >= 15 is 0 Å². The minimum atomic E-state index is -0.439. The van der Waals surface area contributed by atoms with Crippen LogP contribution < -0.4 is 5.73 Å². The standard InChI is InChI=1S/C13H17FN2OS/c14-10-7-4-8-11(12(10)13(15)16-17)18-9-5-2-1-3-6-9/h4,7-9,17H,1-3,5-6H2,(H2,15,16). The van der Waals surface area contributed by atoms with Crippen molar-refractivity contribution in [1.29, 1.82) is 0 Å². The number of amidine groups is 1. The smallest absolute Gasteiger partial charge is 0.174 e. The van der Waals surface area contributed by atoms with E-state index in [0.29, 0.717) is 5.25 Å². The third-order valence-corrected chi connectivity index (χ3v) is 4.58. The summed E-state index contributed by atoms with van der Waals surface area (Å²) in [5, 5.41) is 12.1. The van der Waals surface area contributed by atoms with Crippen LogP contribution in [0.25, 0.3) is 0 Å². The van der Waals surface area contributed by atoms with Crippen LogP contribution >= 0.6 is 11.8 Å². The molecule has 3 nitrogen and oxygen atoms in total. The van der Waals surface area contributed by atoms with Crippen LogP contribution in [0.2, 0.25) is 0 Å². The maximum Gasteiger partial charge on any atom is 0.174 e. The van der Waals surface area contributed by atoms with Crippen molar-refractivity contribution in [1.82, 2.24) is 0 Å². The molecule has 0 spiro atoms. The lowest BCUT2D eigenvalue weighted by atomic mass is 10.0. The van der Waals surface area contributed by atoms with Gasteiger partial charge >= 0.3 is 0 Å². The Morgan fingerprint density at radius 3 is 2.72 bits per heavy atom. The summed E-state index contributed by atoms with van der Waals surface area (Å²) in [5.74, 6) is -0.600. The van der Waals surface area contributed by atoms with Gasteiger partial charge in [-0.25, -0.2) is 4.39 Å². The van der Waals surface area contributed by atoms with Crippen molar-refractivity contribution in [3.8, 4) is 0 Å². The van der Waals surface area contributed by atoms with E-state index in [4.69, 9.17) is 10.9 Å². The molecule has 2 rings (SSSR count). The number of halogens is 1. The maximum atomic E-state index is 13.8. The highest BCUT2D eigenvalue weighted by molar-refractivity contribution is 8.00. The second kappa shape index (κ2) is 6.09. The molecule has 98 valence electrons. The number of hydrogen-bond donors (Lipinski definition) is 2. The van der Waals surface area contributed by atoms with Crippen molar-refractivity contribution in [2.75, 3.05) is 0 Å². The predicted octanol–water partition coefficient (Wildman–Crippen LogP) is 3.35. The first kappa shape index (κ1) is 13.2. The molecular formula is C13H17FN2OS. The second-order valence-electron chi connectivity index (χ2n) is 4.48. The Kier molecular flexibility index (Phi) is 4.47. The first-order chi connectivity index (χ1) is 8.72. The van der Waals surface area contributed by atoms with E-state index in [9.17, 15) is 4.39 Å². The summed E-state index contributed by atoms with van der Waals surface area (Å²) in [6.07, 6.45) is 6.04. The highest BCUT2D eigenvalue weighted by atomic mass is 32.2. The predicted molar refractivity (Wildman–Crippen MR) is 71.6 cm³/mol. The first-order valence-corrected chi connectivity index (χ1v) is 7.03. The monoisotopic (exact) mass is 268 g/mol. The van der Waals surface area contributed by atoms with Gasteiger partial charge in [0, 0.05) is 10.1 Å². The quantitative estimate of drug-likeness (QED) is 0.382. The number of hydrogen-bond acceptors (Lipinski definition) is 3. The van der Waals surface area contributed by atoms with Gasteiger partial charge in [-0.15, -0.1) is 11.8 Å². The van der Waals surface area contributed by atoms with Crippen molar-refractivity contribution >= 4 is 17.6 Å². The van der Waals surface area contributed by atoms with Gasteiger partial charge in [-0.05, 0) is 25.0 Å². The SMILES string of the molecule is NC(=NO)c1c(F)cccc1SC1CCCCC1. The van der Waals surface area contributed by atoms with Crippen LogP contribution in [-0.2, 0) is 0 Å². The third kappa shape index (κ3) is 2.96. The van der Waals surface area contributed by atoms with Gasteiger partial charge in [0.15, 0.2) is 5.84 Å². The molecule has 0 heterocycles. The second-order valence-corrected chi connectivity index (χ2v) is 5.82. The summed E-state index contributed by atoms with van der Waals surface area (Å²) in [4.78, 5) is 0.761. The highest BCUT2D eigenvalue weighted by Gasteiger charge is 2.19. The largest absolute Gasteiger partial charge is 0.409 e. The number of rotatable bonds is 3. The molecular weight excluding hydrogens is 251 g/mol. The molecule has 0 aliphatic heterocycles. The molecule has 1 saturated carbocycles. The Morgan fingerprint density at radius 1 is 1.33 bits per heavy atom. The fourth-order valence-electron chi connectivity index (χ4n) is 2.26. The number of benzene rings is 1. The lowest BCUT2D eigenvalue weighted by Crippen LogP contribution is -2.17. The van der Waals surface area contributed by atoms with E-state index in [1.165, 1.54) is 25.3 Å². The van der Waals surface area contributed by atoms with E-state index in [-0.39, 0.29) is 11.4 Å². The van der Waals surface area contributed by atoms with Crippen LogP contribution in [0.5, 0.6) is 0 Å². The maximum absolute atomic E-state index is 13.8. The normalized spacial score (nSPS) is 17.9. The molecule has 18 heavy (non-hydrogen) atoms. The third-order valence-electron chi connectivity index (χ3n) is 3.19. The van der Waals surface area contributed by atoms with Crippen LogP contribution in [0, 0.1) is 5.82 Å². The fraction of sp³-hybridized carbons (Fsp3) is 0.462. The molecule has 1 fully saturated rings. The van der Waals surface area contributed by atoms with E-state index in [1.54, 1.807) is 17.8 Å². The molecule has 3 N–H and O–H groups in total. The first-order valence-electron chi connectivity index (χ1n) is 6.15. The van der Waals surface area contributed by atoms with Gasteiger partial charge in [0.1, 0.15) is 5.82 Å². The van der Waals surface area contributed by atoms with Crippen molar-refractivity contribution < 1.29 is 9.60 Å². The number of nitrogens with two attached hydrogens (primary N) is 1. The van der Waals surface area contributed by atoms with E-state index in [0.717, 1.165) is 17.7 Å². The van der Waals surface area contributed by atoms with E-state index < -0.39 is 5.82 Å². The van der Waals surface area contributed by atoms with E-state index in [1.807, 2.05) is 6.07 Å². The molecule has 1 aromatic rings. The van der Waals surface area contributed by atoms with Crippen LogP contribution in [0.15, 0.2) is 28.3 Å². The van der Waals surface area contributed by atoms with Crippen LogP contribution in [0.3, 0.4) is 0 Å². The Bertz CT molecular complexity index is 445. The minimum absolute atomic E-state index is 0.161. The number of nitrogens with zero attached hydrogens (tertiary/aromatic N) is 1. The highest BCUT2D eigenvalue weighted by Crippen LogP contribution is 2.35. The summed E-state index contributed by atoms with van der Waals surface area (Å²) in [7, 11) is 0. The van der Waals surface area contributed by atoms with Crippen molar-refractivity contribution in [2.24, 2.45) is 10.9 Å². The molecule has 0 saturated heterocycles. The summed E-state index contributed by atoms with van der Waals surface area (Å²) in [6.45, 7) is 0. The molecule has 0 aromatic heterocycles. The van der Waals surface area contributed by atoms with Crippen LogP contribution in [-0.4, -0.2) is 16.3 Å². The zero-order valence-corrected chi connectivity index (χ0v) is 10.9. The van der Waals surface area contributed by atoms with Gasteiger partial charge in [-0.2, -0.15) is 0 Å². The van der Waals surface area contributed by atoms with Crippen molar-refractivity contribution in [2.45, 2.75) is 42.2 Å². The van der Waals surface area contributed by atoms with Gasteiger partial charge < -0.3 is 10.9 Å². The number of oxime groups is 1. The Morgan fingerprint density at radius 2 is 2.06 bits per heavy atom. The molecule has 1 aliphatic carbocycles. The van der Waals surface area contributed by atoms with Gasteiger partial charge in [0.25, 0.3) is 0 Å². The molecule has 1 aliphatic rings. The Balaban J connectivity index is 2.23. The summed E-state index contributed by atoms with van der Waals surface area (Å²) in [6, 6.07) is 4.82. The fourth-order valence-corrected chi connectivity index (χ4v) is 3.67. The molecule has 0 unspecified atom stereocenters. The Labute approximate surface area is 110 Å². The zero-order chi connectivity index (χ0) is 13.0. The number of thioether (sulfide) groups is 1. The van der Waals surface area contributed by atoms with Gasteiger partial charge in [0.2, 0.25) is 0 Å². The van der Waals surface area contributed by atoms with Gasteiger partial charge in [-0.3, -0.25) is 0 Å². The zero-order valence-electron chi connectivity index (χ0n) is 10.1. The molecule has 0 atom stereocenters. The van der Waals surface area contributed by atoms with Crippen LogP contribution in [0.1, 0.15) is 37.7 Å². The topological polar surface area (TPSA) is 58.6 Å². The summed E-state index contributed by atoms with van der Waals surface area (Å²) in [5.41, 5.74) is 5.77. The lowest BCUT2D eigenvalue weighted by Gasteiger charge is -2.22. The summed E-state index contributed by atoms with van der Waals surface area (Å²) >= 11 is 1.64. The molecule has 0 amide bonds. The van der Waals surface area contributed by atoms with Gasteiger partial charge in [-0.1, -0.05) is 30.5 Å². The lowest BCUT2D eigenvalue weighted by molar-refractivity contribution is 0.318. The summed E-state index contributed by atoms with van der Waals surface area (Å²) < 4.78 is 13.8.